The first-order valence-corrected chi connectivity index (χ1v) is 6.71. The summed E-state index contributed by atoms with van der Waals surface area (Å²) in [7, 11) is 0. The van der Waals surface area contributed by atoms with Crippen LogP contribution >= 0.6 is 0 Å². The summed E-state index contributed by atoms with van der Waals surface area (Å²) in [6.07, 6.45) is 7.53. The molecule has 2 aromatic rings. The Kier molecular flexibility index (Phi) is 3.14. The lowest BCUT2D eigenvalue weighted by Gasteiger charge is -2.26. The van der Waals surface area contributed by atoms with Crippen LogP contribution in [0.5, 0.6) is 0 Å². The molecule has 2 heterocycles. The number of aromatic nitrogens is 1. The van der Waals surface area contributed by atoms with E-state index in [0.29, 0.717) is 0 Å². The third-order valence-corrected chi connectivity index (χ3v) is 3.82. The zero-order valence-corrected chi connectivity index (χ0v) is 10.3. The highest BCUT2D eigenvalue weighted by molar-refractivity contribution is 5.83. The Bertz CT molecular complexity index is 480. The quantitative estimate of drug-likeness (QED) is 0.854. The molecule has 0 aliphatic carbocycles. The van der Waals surface area contributed by atoms with Crippen molar-refractivity contribution in [2.75, 3.05) is 19.6 Å². The van der Waals surface area contributed by atoms with Crippen molar-refractivity contribution in [3.63, 3.8) is 0 Å². The molecule has 0 saturated carbocycles. The molecule has 1 aromatic carbocycles. The second kappa shape index (κ2) is 4.92. The first-order valence-electron chi connectivity index (χ1n) is 6.71. The van der Waals surface area contributed by atoms with Crippen LogP contribution in [0.15, 0.2) is 30.5 Å². The smallest absolute Gasteiger partial charge is 0.0456 e. The molecule has 2 nitrogen and oxygen atoms in total. The van der Waals surface area contributed by atoms with Crippen LogP contribution in [0.2, 0.25) is 0 Å². The zero-order chi connectivity index (χ0) is 11.5. The molecule has 2 heteroatoms. The van der Waals surface area contributed by atoms with Crippen molar-refractivity contribution in [2.45, 2.75) is 25.7 Å². The van der Waals surface area contributed by atoms with Gasteiger partial charge in [-0.25, -0.2) is 0 Å². The van der Waals surface area contributed by atoms with Crippen LogP contribution in [0.1, 0.15) is 24.8 Å². The molecule has 1 N–H and O–H groups in total. The predicted octanol–water partition coefficient (Wildman–Crippen LogP) is 3.20. The van der Waals surface area contributed by atoms with E-state index in [-0.39, 0.29) is 0 Å². The number of nitrogens with zero attached hydrogens (tertiary/aromatic N) is 1. The summed E-state index contributed by atoms with van der Waals surface area (Å²) in [5.74, 6) is 0. The van der Waals surface area contributed by atoms with Crippen molar-refractivity contribution in [3.8, 4) is 0 Å². The third kappa shape index (κ3) is 2.37. The molecule has 0 bridgehead atoms. The number of hydrogen-bond acceptors (Lipinski definition) is 1. The van der Waals surface area contributed by atoms with Crippen LogP contribution in [0.4, 0.5) is 0 Å². The average molecular weight is 228 g/mol. The highest BCUT2D eigenvalue weighted by atomic mass is 15.1. The summed E-state index contributed by atoms with van der Waals surface area (Å²) in [6, 6.07) is 8.59. The van der Waals surface area contributed by atoms with E-state index in [1.807, 2.05) is 0 Å². The van der Waals surface area contributed by atoms with Gasteiger partial charge in [-0.15, -0.1) is 0 Å². The first kappa shape index (κ1) is 10.8. The van der Waals surface area contributed by atoms with Gasteiger partial charge >= 0.3 is 0 Å². The monoisotopic (exact) mass is 228 g/mol. The number of likely N-dealkylation sites (tertiary alicyclic amines) is 1. The van der Waals surface area contributed by atoms with E-state index in [4.69, 9.17) is 0 Å². The topological polar surface area (TPSA) is 19.0 Å². The van der Waals surface area contributed by atoms with E-state index in [9.17, 15) is 0 Å². The van der Waals surface area contributed by atoms with Gasteiger partial charge < -0.3 is 9.88 Å². The van der Waals surface area contributed by atoms with Gasteiger partial charge in [0.05, 0.1) is 0 Å². The molecule has 90 valence electrons. The first-order chi connectivity index (χ1) is 8.43. The standard InChI is InChI=1S/C15H20N2/c1-4-9-17(10-5-1)11-8-13-12-16-15-7-3-2-6-14(13)15/h2-3,6-7,12,16H,1,4-5,8-11H2. The number of aromatic amines is 1. The number of fused-ring (bicyclic) bond motifs is 1. The number of nitrogens with one attached hydrogen (secondary N) is 1. The highest BCUT2D eigenvalue weighted by Crippen LogP contribution is 2.19. The molecule has 1 saturated heterocycles. The molecule has 1 aliphatic heterocycles. The molecule has 1 fully saturated rings. The molecule has 0 unspecified atom stereocenters. The maximum absolute atomic E-state index is 3.36. The van der Waals surface area contributed by atoms with Crippen LogP contribution in [-0.4, -0.2) is 29.5 Å². The Hall–Kier alpha value is -1.28. The summed E-state index contributed by atoms with van der Waals surface area (Å²) in [5.41, 5.74) is 2.73. The molecule has 0 spiro atoms. The van der Waals surface area contributed by atoms with Gasteiger partial charge in [-0.1, -0.05) is 24.6 Å². The molecule has 0 atom stereocenters. The fourth-order valence-corrected chi connectivity index (χ4v) is 2.80. The number of H-pyrrole nitrogens is 1. The normalized spacial score (nSPS) is 17.6. The minimum Gasteiger partial charge on any atom is -0.361 e. The number of hydrogen-bond donors (Lipinski definition) is 1. The Morgan fingerprint density at radius 2 is 1.88 bits per heavy atom. The number of piperidine rings is 1. The van der Waals surface area contributed by atoms with Gasteiger partial charge in [0.2, 0.25) is 0 Å². The lowest BCUT2D eigenvalue weighted by Crippen LogP contribution is -2.31. The zero-order valence-electron chi connectivity index (χ0n) is 10.3. The average Bonchev–Trinajstić information content (AvgIpc) is 2.81. The minimum absolute atomic E-state index is 1.17. The summed E-state index contributed by atoms with van der Waals surface area (Å²) >= 11 is 0. The largest absolute Gasteiger partial charge is 0.361 e. The van der Waals surface area contributed by atoms with Crippen molar-refractivity contribution in [1.82, 2.24) is 9.88 Å². The maximum atomic E-state index is 3.36. The van der Waals surface area contributed by atoms with Crippen molar-refractivity contribution < 1.29 is 0 Å². The van der Waals surface area contributed by atoms with Gasteiger partial charge in [-0.2, -0.15) is 0 Å². The van der Waals surface area contributed by atoms with Crippen LogP contribution in [0.25, 0.3) is 10.9 Å². The lowest BCUT2D eigenvalue weighted by molar-refractivity contribution is 0.231. The Labute approximate surface area is 103 Å². The van der Waals surface area contributed by atoms with Gasteiger partial charge in [0.1, 0.15) is 0 Å². The van der Waals surface area contributed by atoms with E-state index in [1.54, 1.807) is 0 Å². The highest BCUT2D eigenvalue weighted by Gasteiger charge is 2.10. The number of para-hydroxylation sites is 1. The van der Waals surface area contributed by atoms with Crippen molar-refractivity contribution in [1.29, 1.82) is 0 Å². The Morgan fingerprint density at radius 1 is 1.06 bits per heavy atom. The maximum Gasteiger partial charge on any atom is 0.0456 e. The summed E-state index contributed by atoms with van der Waals surface area (Å²) in [5, 5.41) is 1.39. The molecule has 1 aliphatic rings. The molecule has 3 rings (SSSR count). The second-order valence-electron chi connectivity index (χ2n) is 5.01. The number of benzene rings is 1. The van der Waals surface area contributed by atoms with Gasteiger partial charge in [0.25, 0.3) is 0 Å². The van der Waals surface area contributed by atoms with E-state index >= 15 is 0 Å². The molecule has 1 aromatic heterocycles. The fourth-order valence-electron chi connectivity index (χ4n) is 2.80. The van der Waals surface area contributed by atoms with Crippen molar-refractivity contribution in [3.05, 3.63) is 36.0 Å². The molecule has 17 heavy (non-hydrogen) atoms. The molecule has 0 amide bonds. The van der Waals surface area contributed by atoms with E-state index in [2.05, 4.69) is 40.3 Å². The van der Waals surface area contributed by atoms with E-state index in [1.165, 1.54) is 61.8 Å². The van der Waals surface area contributed by atoms with Gasteiger partial charge in [0.15, 0.2) is 0 Å². The van der Waals surface area contributed by atoms with Crippen LogP contribution in [0.3, 0.4) is 0 Å². The third-order valence-electron chi connectivity index (χ3n) is 3.82. The Balaban J connectivity index is 1.68. The fraction of sp³-hybridized carbons (Fsp3) is 0.467. The van der Waals surface area contributed by atoms with Gasteiger partial charge in [-0.05, 0) is 44.0 Å². The predicted molar refractivity (Wildman–Crippen MR) is 72.3 cm³/mol. The van der Waals surface area contributed by atoms with E-state index in [0.717, 1.165) is 0 Å². The second-order valence-corrected chi connectivity index (χ2v) is 5.01. The van der Waals surface area contributed by atoms with Crippen molar-refractivity contribution in [2.24, 2.45) is 0 Å². The van der Waals surface area contributed by atoms with Gasteiger partial charge in [0, 0.05) is 23.6 Å². The molecule has 0 radical (unpaired) electrons. The van der Waals surface area contributed by atoms with Crippen molar-refractivity contribution >= 4 is 10.9 Å². The Morgan fingerprint density at radius 3 is 2.76 bits per heavy atom. The summed E-state index contributed by atoms with van der Waals surface area (Å²) < 4.78 is 0. The summed E-state index contributed by atoms with van der Waals surface area (Å²) in [6.45, 7) is 3.80. The van der Waals surface area contributed by atoms with Crippen LogP contribution < -0.4 is 0 Å². The number of rotatable bonds is 3. The van der Waals surface area contributed by atoms with Gasteiger partial charge in [-0.3, -0.25) is 0 Å². The van der Waals surface area contributed by atoms with E-state index < -0.39 is 0 Å². The van der Waals surface area contributed by atoms with Crippen LogP contribution in [-0.2, 0) is 6.42 Å². The minimum atomic E-state index is 1.17. The summed E-state index contributed by atoms with van der Waals surface area (Å²) in [4.78, 5) is 5.96. The lowest BCUT2D eigenvalue weighted by atomic mass is 10.1. The molecular formula is C15H20N2. The SMILES string of the molecule is c1ccc2c(CCN3CCCCC3)c[nH]c2c1. The van der Waals surface area contributed by atoms with Crippen LogP contribution in [0, 0.1) is 0 Å². The molecular weight excluding hydrogens is 208 g/mol.